The van der Waals surface area contributed by atoms with Crippen molar-refractivity contribution in [3.05, 3.63) is 70.3 Å². The van der Waals surface area contributed by atoms with Crippen molar-refractivity contribution in [3.63, 3.8) is 0 Å². The molecule has 0 spiro atoms. The van der Waals surface area contributed by atoms with Gasteiger partial charge in [-0.25, -0.2) is 4.79 Å². The first kappa shape index (κ1) is 12.4. The van der Waals surface area contributed by atoms with E-state index in [2.05, 4.69) is 9.97 Å². The fourth-order valence-electron chi connectivity index (χ4n) is 2.26. The van der Waals surface area contributed by atoms with E-state index in [-0.39, 0.29) is 5.69 Å². The Bertz CT molecular complexity index is 794. The third-order valence-corrected chi connectivity index (χ3v) is 3.23. The minimum absolute atomic E-state index is 0.336. The highest BCUT2D eigenvalue weighted by Crippen LogP contribution is 2.21. The van der Waals surface area contributed by atoms with Crippen molar-refractivity contribution in [1.82, 2.24) is 9.97 Å². The first-order chi connectivity index (χ1) is 9.76. The topological polar surface area (TPSA) is 55.0 Å². The zero-order valence-corrected chi connectivity index (χ0v) is 11.1. The van der Waals surface area contributed by atoms with E-state index < -0.39 is 0 Å². The van der Waals surface area contributed by atoms with E-state index in [0.29, 0.717) is 17.7 Å². The highest BCUT2D eigenvalue weighted by Gasteiger charge is 2.07. The zero-order valence-electron chi connectivity index (χ0n) is 11.1. The van der Waals surface area contributed by atoms with Gasteiger partial charge < -0.3 is 9.72 Å². The molecule has 3 aromatic rings. The van der Waals surface area contributed by atoms with Crippen molar-refractivity contribution in [2.75, 3.05) is 7.11 Å². The second kappa shape index (κ2) is 5.17. The Morgan fingerprint density at radius 3 is 2.70 bits per heavy atom. The van der Waals surface area contributed by atoms with Gasteiger partial charge in [-0.05, 0) is 17.7 Å². The number of nitrogens with one attached hydrogen (secondary N) is 1. The number of benzene rings is 2. The van der Waals surface area contributed by atoms with Crippen LogP contribution in [0.1, 0.15) is 11.3 Å². The largest absolute Gasteiger partial charge is 0.497 e. The number of H-pyrrole nitrogens is 1. The first-order valence-corrected chi connectivity index (χ1v) is 6.37. The van der Waals surface area contributed by atoms with Gasteiger partial charge in [0, 0.05) is 23.6 Å². The van der Waals surface area contributed by atoms with Gasteiger partial charge in [0.15, 0.2) is 0 Å². The smallest absolute Gasteiger partial charge is 0.345 e. The van der Waals surface area contributed by atoms with Crippen LogP contribution in [0.4, 0.5) is 0 Å². The fraction of sp³-hybridized carbons (Fsp3) is 0.125. The van der Waals surface area contributed by atoms with Gasteiger partial charge >= 0.3 is 5.69 Å². The molecule has 4 nitrogen and oxygen atoms in total. The van der Waals surface area contributed by atoms with E-state index in [1.807, 2.05) is 42.5 Å². The summed E-state index contributed by atoms with van der Waals surface area (Å²) in [5, 5.41) is 0.939. The zero-order chi connectivity index (χ0) is 13.9. The van der Waals surface area contributed by atoms with Crippen LogP contribution in [0.25, 0.3) is 10.9 Å². The van der Waals surface area contributed by atoms with Gasteiger partial charge in [-0.3, -0.25) is 0 Å². The summed E-state index contributed by atoms with van der Waals surface area (Å²) in [5.41, 5.74) is 2.33. The molecule has 0 bridgehead atoms. The van der Waals surface area contributed by atoms with Crippen LogP contribution in [0.15, 0.2) is 53.3 Å². The third kappa shape index (κ3) is 2.40. The highest BCUT2D eigenvalue weighted by molar-refractivity contribution is 5.82. The van der Waals surface area contributed by atoms with Gasteiger partial charge in [0.05, 0.1) is 12.6 Å². The van der Waals surface area contributed by atoms with E-state index in [4.69, 9.17) is 4.74 Å². The lowest BCUT2D eigenvalue weighted by Gasteiger charge is -2.07. The molecular weight excluding hydrogens is 252 g/mol. The summed E-state index contributed by atoms with van der Waals surface area (Å²) in [5.74, 6) is 0.696. The fourth-order valence-corrected chi connectivity index (χ4v) is 2.26. The Labute approximate surface area is 116 Å². The molecule has 20 heavy (non-hydrogen) atoms. The molecule has 1 N–H and O–H groups in total. The molecular formula is C16H14N2O2. The van der Waals surface area contributed by atoms with Gasteiger partial charge in [0.2, 0.25) is 0 Å². The first-order valence-electron chi connectivity index (χ1n) is 6.37. The van der Waals surface area contributed by atoms with Crippen LogP contribution in [0.5, 0.6) is 5.75 Å². The maximum absolute atomic E-state index is 11.7. The number of fused-ring (bicyclic) bond motifs is 1. The minimum atomic E-state index is -0.336. The molecule has 2 aromatic carbocycles. The Morgan fingerprint density at radius 1 is 1.15 bits per heavy atom. The highest BCUT2D eigenvalue weighted by atomic mass is 16.5. The second-order valence-electron chi connectivity index (χ2n) is 4.57. The third-order valence-electron chi connectivity index (χ3n) is 3.23. The molecule has 0 aliphatic carbocycles. The second-order valence-corrected chi connectivity index (χ2v) is 4.57. The van der Waals surface area contributed by atoms with Gasteiger partial charge in [0.1, 0.15) is 5.75 Å². The van der Waals surface area contributed by atoms with Gasteiger partial charge in [-0.2, -0.15) is 4.98 Å². The summed E-state index contributed by atoms with van der Waals surface area (Å²) in [6, 6.07) is 15.6. The quantitative estimate of drug-likeness (QED) is 0.792. The number of aromatic nitrogens is 2. The lowest BCUT2D eigenvalue weighted by atomic mass is 10.1. The summed E-state index contributed by atoms with van der Waals surface area (Å²) >= 11 is 0. The molecule has 0 atom stereocenters. The standard InChI is InChI=1S/C16H14N2O2/c1-20-12-7-8-13-14(9-11-5-3-2-4-6-11)17-16(19)18-15(13)10-12/h2-8,10H,9H2,1H3,(H,17,18,19). The molecule has 0 radical (unpaired) electrons. The maximum Gasteiger partial charge on any atom is 0.345 e. The van der Waals surface area contributed by atoms with Crippen LogP contribution in [0, 0.1) is 0 Å². The molecule has 100 valence electrons. The molecule has 1 aromatic heterocycles. The molecule has 0 saturated heterocycles. The predicted molar refractivity (Wildman–Crippen MR) is 78.2 cm³/mol. The van der Waals surface area contributed by atoms with E-state index >= 15 is 0 Å². The van der Waals surface area contributed by atoms with Crippen LogP contribution < -0.4 is 10.4 Å². The van der Waals surface area contributed by atoms with Crippen LogP contribution in [0.2, 0.25) is 0 Å². The predicted octanol–water partition coefficient (Wildman–Crippen LogP) is 2.52. The van der Waals surface area contributed by atoms with Crippen LogP contribution in [-0.4, -0.2) is 17.1 Å². The minimum Gasteiger partial charge on any atom is -0.497 e. The normalized spacial score (nSPS) is 10.7. The molecule has 0 amide bonds. The summed E-state index contributed by atoms with van der Waals surface area (Å²) in [4.78, 5) is 18.5. The van der Waals surface area contributed by atoms with Gasteiger partial charge in [-0.15, -0.1) is 0 Å². The lowest BCUT2D eigenvalue weighted by molar-refractivity contribution is 0.415. The van der Waals surface area contributed by atoms with Crippen molar-refractivity contribution in [1.29, 1.82) is 0 Å². The van der Waals surface area contributed by atoms with E-state index in [0.717, 1.165) is 16.6 Å². The maximum atomic E-state index is 11.7. The van der Waals surface area contributed by atoms with E-state index in [1.54, 1.807) is 13.2 Å². The Morgan fingerprint density at radius 2 is 1.95 bits per heavy atom. The molecule has 0 fully saturated rings. The number of methoxy groups -OCH3 is 1. The number of nitrogens with zero attached hydrogens (tertiary/aromatic N) is 1. The van der Waals surface area contributed by atoms with Crippen molar-refractivity contribution in [2.45, 2.75) is 6.42 Å². The van der Waals surface area contributed by atoms with Gasteiger partial charge in [-0.1, -0.05) is 30.3 Å². The molecule has 4 heteroatoms. The number of hydrogen-bond acceptors (Lipinski definition) is 3. The number of rotatable bonds is 3. The Balaban J connectivity index is 2.12. The van der Waals surface area contributed by atoms with Crippen molar-refractivity contribution < 1.29 is 4.74 Å². The summed E-state index contributed by atoms with van der Waals surface area (Å²) in [6.45, 7) is 0. The molecule has 1 heterocycles. The summed E-state index contributed by atoms with van der Waals surface area (Å²) < 4.78 is 5.17. The van der Waals surface area contributed by atoms with E-state index in [9.17, 15) is 4.79 Å². The average Bonchev–Trinajstić information content (AvgIpc) is 2.47. The Kier molecular flexibility index (Phi) is 3.21. The lowest BCUT2D eigenvalue weighted by Crippen LogP contribution is -2.13. The van der Waals surface area contributed by atoms with E-state index in [1.165, 1.54) is 0 Å². The summed E-state index contributed by atoms with van der Waals surface area (Å²) in [7, 11) is 1.60. The SMILES string of the molecule is COc1ccc2c(Cc3ccccc3)[nH]c(=O)nc2c1. The monoisotopic (exact) mass is 266 g/mol. The van der Waals surface area contributed by atoms with Gasteiger partial charge in [0.25, 0.3) is 0 Å². The number of hydrogen-bond donors (Lipinski definition) is 1. The number of aromatic amines is 1. The molecule has 0 unspecified atom stereocenters. The molecule has 0 aliphatic rings. The van der Waals surface area contributed by atoms with Crippen molar-refractivity contribution >= 4 is 10.9 Å². The Hall–Kier alpha value is -2.62. The van der Waals surface area contributed by atoms with Crippen LogP contribution in [-0.2, 0) is 6.42 Å². The van der Waals surface area contributed by atoms with Crippen molar-refractivity contribution in [2.24, 2.45) is 0 Å². The molecule has 0 aliphatic heterocycles. The van der Waals surface area contributed by atoms with Crippen LogP contribution in [0.3, 0.4) is 0 Å². The summed E-state index contributed by atoms with van der Waals surface area (Å²) in [6.07, 6.45) is 0.668. The average molecular weight is 266 g/mol. The molecule has 3 rings (SSSR count). The molecule has 0 saturated carbocycles. The number of ether oxygens (including phenoxy) is 1. The van der Waals surface area contributed by atoms with Crippen LogP contribution >= 0.6 is 0 Å². The van der Waals surface area contributed by atoms with Crippen molar-refractivity contribution in [3.8, 4) is 5.75 Å².